The first-order chi connectivity index (χ1) is 6.70. The molecule has 1 aliphatic rings. The van der Waals surface area contributed by atoms with Gasteiger partial charge in [0.25, 0.3) is 0 Å². The van der Waals surface area contributed by atoms with Crippen molar-refractivity contribution in [2.24, 2.45) is 5.92 Å². The number of fused-ring (bicyclic) bond motifs is 1. The van der Waals surface area contributed by atoms with Crippen molar-refractivity contribution in [3.63, 3.8) is 0 Å². The molecule has 1 unspecified atom stereocenters. The molecule has 1 aromatic rings. The topological polar surface area (TPSA) is 68.0 Å². The molecule has 0 aliphatic carbocycles. The zero-order valence-electron chi connectivity index (χ0n) is 8.51. The third-order valence-corrected chi connectivity index (χ3v) is 2.58. The number of aryl methyl sites for hydroxylation is 2. The highest BCUT2D eigenvalue weighted by atomic mass is 35.5. The second-order valence-electron chi connectivity index (χ2n) is 3.55. The molecule has 0 fully saturated rings. The molecule has 2 heterocycles. The van der Waals surface area contributed by atoms with Gasteiger partial charge in [0.05, 0.1) is 5.92 Å². The minimum Gasteiger partial charge on any atom is -0.481 e. The van der Waals surface area contributed by atoms with Crippen LogP contribution in [0.4, 0.5) is 0 Å². The van der Waals surface area contributed by atoms with Crippen LogP contribution in [0.5, 0.6) is 0 Å². The molecular weight excluding hydrogens is 218 g/mol. The van der Waals surface area contributed by atoms with E-state index in [0.29, 0.717) is 19.4 Å². The normalized spacial score (nSPS) is 19.1. The fourth-order valence-electron chi connectivity index (χ4n) is 1.72. The van der Waals surface area contributed by atoms with Crippen molar-refractivity contribution in [3.8, 4) is 0 Å². The molecule has 1 N–H and O–H groups in total. The molecular formula is C9H14ClN3O2. The average Bonchev–Trinajstić information content (AvgIpc) is 2.58. The summed E-state index contributed by atoms with van der Waals surface area (Å²) in [6, 6.07) is 0. The number of hydrogen-bond donors (Lipinski definition) is 1. The molecule has 1 atom stereocenters. The Bertz CT molecular complexity index is 364. The maximum absolute atomic E-state index is 10.8. The maximum Gasteiger partial charge on any atom is 0.307 e. The Morgan fingerprint density at radius 3 is 3.00 bits per heavy atom. The van der Waals surface area contributed by atoms with Gasteiger partial charge < -0.3 is 5.11 Å². The summed E-state index contributed by atoms with van der Waals surface area (Å²) < 4.78 is 1.83. The molecule has 0 spiro atoms. The number of aromatic nitrogens is 3. The quantitative estimate of drug-likeness (QED) is 0.822. The molecule has 1 aromatic heterocycles. The van der Waals surface area contributed by atoms with Gasteiger partial charge in [-0.2, -0.15) is 5.10 Å². The lowest BCUT2D eigenvalue weighted by Crippen LogP contribution is -2.26. The van der Waals surface area contributed by atoms with Crippen LogP contribution in [0.15, 0.2) is 0 Å². The molecule has 84 valence electrons. The lowest BCUT2D eigenvalue weighted by molar-refractivity contribution is -0.142. The highest BCUT2D eigenvalue weighted by Crippen LogP contribution is 2.18. The van der Waals surface area contributed by atoms with Crippen molar-refractivity contribution in [1.82, 2.24) is 14.8 Å². The molecule has 0 bridgehead atoms. The Morgan fingerprint density at radius 2 is 2.40 bits per heavy atom. The van der Waals surface area contributed by atoms with E-state index in [0.717, 1.165) is 18.1 Å². The summed E-state index contributed by atoms with van der Waals surface area (Å²) in [5, 5.41) is 13.1. The van der Waals surface area contributed by atoms with Crippen LogP contribution in [-0.2, 0) is 24.2 Å². The van der Waals surface area contributed by atoms with Gasteiger partial charge in [-0.25, -0.2) is 9.67 Å². The van der Waals surface area contributed by atoms with Crippen molar-refractivity contribution in [3.05, 3.63) is 11.6 Å². The minimum absolute atomic E-state index is 0. The highest BCUT2D eigenvalue weighted by molar-refractivity contribution is 5.85. The number of rotatable bonds is 2. The number of aliphatic carboxylic acids is 1. The molecule has 0 radical (unpaired) electrons. The zero-order chi connectivity index (χ0) is 10.1. The van der Waals surface area contributed by atoms with Crippen LogP contribution < -0.4 is 0 Å². The molecule has 0 saturated carbocycles. The monoisotopic (exact) mass is 231 g/mol. The van der Waals surface area contributed by atoms with E-state index < -0.39 is 5.97 Å². The molecule has 1 aliphatic heterocycles. The average molecular weight is 232 g/mol. The lowest BCUT2D eigenvalue weighted by atomic mass is 9.98. The summed E-state index contributed by atoms with van der Waals surface area (Å²) in [4.78, 5) is 15.1. The first-order valence-corrected chi connectivity index (χ1v) is 4.86. The van der Waals surface area contributed by atoms with E-state index in [2.05, 4.69) is 10.1 Å². The molecule has 6 heteroatoms. The summed E-state index contributed by atoms with van der Waals surface area (Å²) in [6.07, 6.45) is 1.98. The highest BCUT2D eigenvalue weighted by Gasteiger charge is 2.26. The van der Waals surface area contributed by atoms with Gasteiger partial charge in [0, 0.05) is 19.4 Å². The van der Waals surface area contributed by atoms with Gasteiger partial charge in [0.2, 0.25) is 0 Å². The Labute approximate surface area is 93.9 Å². The van der Waals surface area contributed by atoms with Crippen LogP contribution in [-0.4, -0.2) is 25.8 Å². The van der Waals surface area contributed by atoms with Crippen LogP contribution >= 0.6 is 12.4 Å². The predicted octanol–water partition coefficient (Wildman–Crippen LogP) is 0.909. The Kier molecular flexibility index (Phi) is 3.68. The largest absolute Gasteiger partial charge is 0.481 e. The van der Waals surface area contributed by atoms with E-state index in [4.69, 9.17) is 5.11 Å². The fourth-order valence-corrected chi connectivity index (χ4v) is 1.72. The Morgan fingerprint density at radius 1 is 1.67 bits per heavy atom. The maximum atomic E-state index is 10.8. The molecule has 0 amide bonds. The van der Waals surface area contributed by atoms with E-state index in [1.54, 1.807) is 0 Å². The number of halogens is 1. The van der Waals surface area contributed by atoms with Crippen molar-refractivity contribution in [2.45, 2.75) is 32.7 Å². The summed E-state index contributed by atoms with van der Waals surface area (Å²) in [7, 11) is 0. The number of nitrogens with zero attached hydrogens (tertiary/aromatic N) is 3. The standard InChI is InChI=1S/C9H13N3O2.ClH/c1-2-7-10-8-5-6(9(13)14)3-4-12(8)11-7;/h6H,2-5H2,1H3,(H,13,14);1H. The van der Waals surface area contributed by atoms with Gasteiger partial charge in [-0.1, -0.05) is 6.92 Å². The molecule has 0 aromatic carbocycles. The van der Waals surface area contributed by atoms with Crippen LogP contribution in [0.1, 0.15) is 25.0 Å². The van der Waals surface area contributed by atoms with E-state index >= 15 is 0 Å². The number of hydrogen-bond acceptors (Lipinski definition) is 3. The van der Waals surface area contributed by atoms with Gasteiger partial charge >= 0.3 is 5.97 Å². The molecule has 2 rings (SSSR count). The van der Waals surface area contributed by atoms with Crippen LogP contribution in [0.3, 0.4) is 0 Å². The molecule has 5 nitrogen and oxygen atoms in total. The number of carboxylic acid groups (broad SMARTS) is 1. The predicted molar refractivity (Wildman–Crippen MR) is 56.1 cm³/mol. The van der Waals surface area contributed by atoms with Gasteiger partial charge in [0.15, 0.2) is 5.82 Å². The zero-order valence-corrected chi connectivity index (χ0v) is 9.33. The van der Waals surface area contributed by atoms with Crippen LogP contribution in [0.2, 0.25) is 0 Å². The van der Waals surface area contributed by atoms with Crippen molar-refractivity contribution < 1.29 is 9.90 Å². The fraction of sp³-hybridized carbons (Fsp3) is 0.667. The Balaban J connectivity index is 0.00000112. The molecule has 0 saturated heterocycles. The van der Waals surface area contributed by atoms with Crippen LogP contribution in [0, 0.1) is 5.92 Å². The first kappa shape index (κ1) is 12.0. The van der Waals surface area contributed by atoms with E-state index in [-0.39, 0.29) is 18.3 Å². The Hall–Kier alpha value is -1.10. The second kappa shape index (κ2) is 4.61. The summed E-state index contributed by atoms with van der Waals surface area (Å²) in [5.41, 5.74) is 0. The van der Waals surface area contributed by atoms with E-state index in [1.807, 2.05) is 11.6 Å². The second-order valence-corrected chi connectivity index (χ2v) is 3.55. The van der Waals surface area contributed by atoms with E-state index in [1.165, 1.54) is 0 Å². The van der Waals surface area contributed by atoms with E-state index in [9.17, 15) is 4.79 Å². The molecule has 15 heavy (non-hydrogen) atoms. The van der Waals surface area contributed by atoms with Gasteiger partial charge in [-0.05, 0) is 6.42 Å². The van der Waals surface area contributed by atoms with Crippen LogP contribution in [0.25, 0.3) is 0 Å². The summed E-state index contributed by atoms with van der Waals surface area (Å²) in [6.45, 7) is 2.68. The minimum atomic E-state index is -0.725. The third-order valence-electron chi connectivity index (χ3n) is 2.58. The lowest BCUT2D eigenvalue weighted by Gasteiger charge is -2.17. The smallest absolute Gasteiger partial charge is 0.307 e. The first-order valence-electron chi connectivity index (χ1n) is 4.86. The number of carbonyl (C=O) groups is 1. The number of carboxylic acids is 1. The van der Waals surface area contributed by atoms with Crippen molar-refractivity contribution >= 4 is 18.4 Å². The van der Waals surface area contributed by atoms with Crippen molar-refractivity contribution in [1.29, 1.82) is 0 Å². The third kappa shape index (κ3) is 2.28. The summed E-state index contributed by atoms with van der Waals surface area (Å²) in [5.74, 6) is 0.625. The van der Waals surface area contributed by atoms with Gasteiger partial charge in [0.1, 0.15) is 5.82 Å². The van der Waals surface area contributed by atoms with Crippen molar-refractivity contribution in [2.75, 3.05) is 0 Å². The SMILES string of the molecule is CCc1nc2n(n1)CCC(C(=O)O)C2.Cl. The summed E-state index contributed by atoms with van der Waals surface area (Å²) >= 11 is 0. The van der Waals surface area contributed by atoms with Gasteiger partial charge in [-0.15, -0.1) is 12.4 Å². The van der Waals surface area contributed by atoms with Gasteiger partial charge in [-0.3, -0.25) is 4.79 Å².